The van der Waals surface area contributed by atoms with E-state index in [4.69, 9.17) is 15.2 Å². The molecule has 0 fully saturated rings. The summed E-state index contributed by atoms with van der Waals surface area (Å²) in [5.74, 6) is 0.850. The molecular weight excluding hydrogens is 320 g/mol. The smallest absolute Gasteiger partial charge is 0.119 e. The lowest BCUT2D eigenvalue weighted by Crippen LogP contribution is -2.36. The van der Waals surface area contributed by atoms with Crippen LogP contribution >= 0.6 is 15.9 Å². The number of halogens is 1. The molecule has 0 aliphatic carbocycles. The summed E-state index contributed by atoms with van der Waals surface area (Å²) in [7, 11) is 1.68. The number of nitrogens with zero attached hydrogens (tertiary/aromatic N) is 1. The molecule has 4 nitrogen and oxygen atoms in total. The van der Waals surface area contributed by atoms with E-state index in [0.717, 1.165) is 42.1 Å². The van der Waals surface area contributed by atoms with Gasteiger partial charge in [0, 0.05) is 30.2 Å². The highest BCUT2D eigenvalue weighted by molar-refractivity contribution is 9.10. The Labute approximate surface area is 130 Å². The average molecular weight is 345 g/mol. The minimum absolute atomic E-state index is 0.157. The first-order valence-corrected chi connectivity index (χ1v) is 7.82. The van der Waals surface area contributed by atoms with Crippen molar-refractivity contribution < 1.29 is 9.47 Å². The molecule has 1 unspecified atom stereocenters. The van der Waals surface area contributed by atoms with Crippen LogP contribution in [0.1, 0.15) is 25.5 Å². The van der Waals surface area contributed by atoms with E-state index in [2.05, 4.69) is 27.8 Å². The van der Waals surface area contributed by atoms with Gasteiger partial charge in [0.1, 0.15) is 5.75 Å². The van der Waals surface area contributed by atoms with E-state index < -0.39 is 0 Å². The molecule has 0 bridgehead atoms. The predicted octanol–water partition coefficient (Wildman–Crippen LogP) is 2.82. The van der Waals surface area contributed by atoms with Crippen LogP contribution in [0, 0.1) is 0 Å². The molecule has 20 heavy (non-hydrogen) atoms. The van der Waals surface area contributed by atoms with Gasteiger partial charge in [-0.05, 0) is 37.2 Å². The Morgan fingerprint density at radius 2 is 2.10 bits per heavy atom. The van der Waals surface area contributed by atoms with Gasteiger partial charge in [-0.2, -0.15) is 0 Å². The molecular formula is C15H25BrN2O2. The zero-order chi connectivity index (χ0) is 15.0. The molecule has 0 spiro atoms. The van der Waals surface area contributed by atoms with Gasteiger partial charge in [0.2, 0.25) is 0 Å². The van der Waals surface area contributed by atoms with Gasteiger partial charge in [0.05, 0.1) is 13.7 Å². The minimum Gasteiger partial charge on any atom is -0.497 e. The highest BCUT2D eigenvalue weighted by Crippen LogP contribution is 2.30. The van der Waals surface area contributed by atoms with E-state index in [9.17, 15) is 0 Å². The van der Waals surface area contributed by atoms with E-state index in [1.54, 1.807) is 7.11 Å². The maximum Gasteiger partial charge on any atom is 0.119 e. The van der Waals surface area contributed by atoms with Gasteiger partial charge in [-0.1, -0.05) is 22.9 Å². The van der Waals surface area contributed by atoms with Gasteiger partial charge >= 0.3 is 0 Å². The summed E-state index contributed by atoms with van der Waals surface area (Å²) in [4.78, 5) is 2.33. The fourth-order valence-corrected chi connectivity index (χ4v) is 2.75. The molecule has 1 aromatic rings. The van der Waals surface area contributed by atoms with Gasteiger partial charge in [-0.15, -0.1) is 0 Å². The third-order valence-electron chi connectivity index (χ3n) is 3.36. The van der Waals surface area contributed by atoms with Crippen LogP contribution < -0.4 is 10.5 Å². The third kappa shape index (κ3) is 4.74. The second kappa shape index (κ2) is 9.34. The van der Waals surface area contributed by atoms with Crippen molar-refractivity contribution in [1.29, 1.82) is 0 Å². The average Bonchev–Trinajstić information content (AvgIpc) is 2.48. The molecule has 5 heteroatoms. The maximum atomic E-state index is 6.00. The Morgan fingerprint density at radius 1 is 1.35 bits per heavy atom. The van der Waals surface area contributed by atoms with Crippen LogP contribution in [0.15, 0.2) is 22.7 Å². The van der Waals surface area contributed by atoms with Crippen molar-refractivity contribution >= 4 is 15.9 Å². The fraction of sp³-hybridized carbons (Fsp3) is 0.600. The van der Waals surface area contributed by atoms with Crippen LogP contribution in [-0.4, -0.2) is 44.9 Å². The summed E-state index contributed by atoms with van der Waals surface area (Å²) >= 11 is 3.61. The number of hydrogen-bond acceptors (Lipinski definition) is 4. The Hall–Kier alpha value is -0.620. The highest BCUT2D eigenvalue weighted by atomic mass is 79.9. The number of rotatable bonds is 9. The number of likely N-dealkylation sites (N-methyl/N-ethyl adjacent to an activating group) is 1. The second-order valence-corrected chi connectivity index (χ2v) is 5.32. The first-order valence-electron chi connectivity index (χ1n) is 7.03. The van der Waals surface area contributed by atoms with Crippen molar-refractivity contribution in [1.82, 2.24) is 4.90 Å². The number of hydrogen-bond donors (Lipinski definition) is 1. The number of methoxy groups -OCH3 is 1. The first-order chi connectivity index (χ1) is 9.67. The molecule has 1 atom stereocenters. The normalized spacial score (nSPS) is 12.7. The van der Waals surface area contributed by atoms with Gasteiger partial charge < -0.3 is 15.2 Å². The Kier molecular flexibility index (Phi) is 8.14. The Balaban J connectivity index is 2.91. The molecule has 1 aromatic carbocycles. The van der Waals surface area contributed by atoms with Crippen molar-refractivity contribution in [3.8, 4) is 5.75 Å². The largest absolute Gasteiger partial charge is 0.497 e. The number of ether oxygens (including phenoxy) is 2. The summed E-state index contributed by atoms with van der Waals surface area (Å²) in [6, 6.07) is 6.15. The number of benzene rings is 1. The van der Waals surface area contributed by atoms with E-state index >= 15 is 0 Å². The molecule has 114 valence electrons. The Bertz CT molecular complexity index is 401. The molecule has 0 saturated carbocycles. The van der Waals surface area contributed by atoms with Crippen molar-refractivity contribution in [3.05, 3.63) is 28.2 Å². The standard InChI is InChI=1S/C15H25BrN2O2/c1-4-18(8-9-20-5-2)15(11-17)13-10-12(19-3)6-7-14(13)16/h6-7,10,15H,4-5,8-9,11,17H2,1-3H3. The highest BCUT2D eigenvalue weighted by Gasteiger charge is 2.20. The van der Waals surface area contributed by atoms with Crippen LogP contribution in [0.25, 0.3) is 0 Å². The van der Waals surface area contributed by atoms with Crippen LogP contribution in [0.5, 0.6) is 5.75 Å². The molecule has 0 radical (unpaired) electrons. The van der Waals surface area contributed by atoms with E-state index in [1.807, 2.05) is 25.1 Å². The van der Waals surface area contributed by atoms with Gasteiger partial charge in [-0.3, -0.25) is 4.90 Å². The van der Waals surface area contributed by atoms with Crippen LogP contribution in [-0.2, 0) is 4.74 Å². The first kappa shape index (κ1) is 17.4. The van der Waals surface area contributed by atoms with Crippen molar-refractivity contribution in [3.63, 3.8) is 0 Å². The minimum atomic E-state index is 0.157. The molecule has 2 N–H and O–H groups in total. The zero-order valence-corrected chi connectivity index (χ0v) is 14.1. The zero-order valence-electron chi connectivity index (χ0n) is 12.6. The number of nitrogens with two attached hydrogens (primary N) is 1. The van der Waals surface area contributed by atoms with Crippen LogP contribution in [0.3, 0.4) is 0 Å². The van der Waals surface area contributed by atoms with E-state index in [-0.39, 0.29) is 6.04 Å². The molecule has 0 aliphatic rings. The van der Waals surface area contributed by atoms with Crippen LogP contribution in [0.4, 0.5) is 0 Å². The molecule has 0 amide bonds. The summed E-state index contributed by atoms with van der Waals surface area (Å²) in [6.45, 7) is 7.98. The molecule has 0 aromatic heterocycles. The lowest BCUT2D eigenvalue weighted by molar-refractivity contribution is 0.0978. The molecule has 0 aliphatic heterocycles. The van der Waals surface area contributed by atoms with Gasteiger partial charge in [-0.25, -0.2) is 0 Å². The quantitative estimate of drug-likeness (QED) is 0.699. The third-order valence-corrected chi connectivity index (χ3v) is 4.08. The summed E-state index contributed by atoms with van der Waals surface area (Å²) in [5.41, 5.74) is 7.16. The lowest BCUT2D eigenvalue weighted by Gasteiger charge is -2.31. The van der Waals surface area contributed by atoms with Crippen molar-refractivity contribution in [2.75, 3.05) is 40.0 Å². The van der Waals surface area contributed by atoms with Crippen LogP contribution in [0.2, 0.25) is 0 Å². The van der Waals surface area contributed by atoms with E-state index in [1.165, 1.54) is 0 Å². The predicted molar refractivity (Wildman–Crippen MR) is 86.2 cm³/mol. The monoisotopic (exact) mass is 344 g/mol. The summed E-state index contributed by atoms with van der Waals surface area (Å²) in [5, 5.41) is 0. The topological polar surface area (TPSA) is 47.7 Å². The van der Waals surface area contributed by atoms with E-state index in [0.29, 0.717) is 6.54 Å². The second-order valence-electron chi connectivity index (χ2n) is 4.46. The molecule has 1 rings (SSSR count). The Morgan fingerprint density at radius 3 is 2.65 bits per heavy atom. The summed E-state index contributed by atoms with van der Waals surface area (Å²) < 4.78 is 11.8. The maximum absolute atomic E-state index is 6.00. The SMILES string of the molecule is CCOCCN(CC)C(CN)c1cc(OC)ccc1Br. The van der Waals surface area contributed by atoms with Gasteiger partial charge in [0.15, 0.2) is 0 Å². The lowest BCUT2D eigenvalue weighted by atomic mass is 10.0. The summed E-state index contributed by atoms with van der Waals surface area (Å²) in [6.07, 6.45) is 0. The molecule has 0 saturated heterocycles. The van der Waals surface area contributed by atoms with Crippen molar-refractivity contribution in [2.24, 2.45) is 5.73 Å². The van der Waals surface area contributed by atoms with Gasteiger partial charge in [0.25, 0.3) is 0 Å². The van der Waals surface area contributed by atoms with Crippen molar-refractivity contribution in [2.45, 2.75) is 19.9 Å². The molecule has 0 heterocycles. The fourth-order valence-electron chi connectivity index (χ4n) is 2.24.